The molecule has 0 heterocycles. The van der Waals surface area contributed by atoms with Crippen molar-refractivity contribution in [3.63, 3.8) is 0 Å². The van der Waals surface area contributed by atoms with Crippen molar-refractivity contribution in [3.05, 3.63) is 72.9 Å². The Morgan fingerprint density at radius 1 is 0.443 bits per heavy atom. The summed E-state index contributed by atoms with van der Waals surface area (Å²) in [5.41, 5.74) is 0. The molecule has 0 bridgehead atoms. The van der Waals surface area contributed by atoms with Gasteiger partial charge in [0.1, 0.15) is 13.2 Å². The summed E-state index contributed by atoms with van der Waals surface area (Å²) >= 11 is 0. The number of nitrogens with zero attached hydrogens (tertiary/aromatic N) is 1. The van der Waals surface area contributed by atoms with Crippen LogP contribution in [0, 0.1) is 0 Å². The molecular formula is C61H108NO8+. The number of unbranched alkanes of at least 4 members (excludes halogenated alkanes) is 25. The number of esters is 2. The smallest absolute Gasteiger partial charge is 0.361 e. The van der Waals surface area contributed by atoms with Crippen LogP contribution in [0.15, 0.2) is 72.9 Å². The zero-order valence-electron chi connectivity index (χ0n) is 45.9. The van der Waals surface area contributed by atoms with Crippen molar-refractivity contribution in [2.45, 2.75) is 251 Å². The number of quaternary nitrogens is 1. The number of carbonyl (C=O) groups is 3. The summed E-state index contributed by atoms with van der Waals surface area (Å²) in [5.74, 6) is -2.01. The van der Waals surface area contributed by atoms with Crippen LogP contribution in [0.3, 0.4) is 0 Å². The highest BCUT2D eigenvalue weighted by Crippen LogP contribution is 2.16. The summed E-state index contributed by atoms with van der Waals surface area (Å²) in [7, 11) is 5.96. The fraction of sp³-hybridized carbons (Fsp3) is 0.754. The summed E-state index contributed by atoms with van der Waals surface area (Å²) < 4.78 is 22.9. The highest BCUT2D eigenvalue weighted by atomic mass is 16.7. The predicted octanol–water partition coefficient (Wildman–Crippen LogP) is 16.6. The van der Waals surface area contributed by atoms with Crippen molar-refractivity contribution in [1.82, 2.24) is 0 Å². The van der Waals surface area contributed by atoms with Crippen LogP contribution in [0.5, 0.6) is 0 Å². The van der Waals surface area contributed by atoms with Gasteiger partial charge in [-0.3, -0.25) is 9.59 Å². The lowest BCUT2D eigenvalue weighted by Gasteiger charge is -2.25. The van der Waals surface area contributed by atoms with Gasteiger partial charge in [-0.1, -0.05) is 234 Å². The van der Waals surface area contributed by atoms with Crippen molar-refractivity contribution in [1.29, 1.82) is 0 Å². The fourth-order valence-corrected chi connectivity index (χ4v) is 7.84. The maximum absolute atomic E-state index is 12.9. The molecule has 0 aromatic rings. The van der Waals surface area contributed by atoms with Crippen molar-refractivity contribution < 1.29 is 42.9 Å². The Morgan fingerprint density at radius 3 is 1.21 bits per heavy atom. The van der Waals surface area contributed by atoms with Crippen LogP contribution in [0.2, 0.25) is 0 Å². The van der Waals surface area contributed by atoms with E-state index in [4.69, 9.17) is 18.9 Å². The molecule has 0 saturated heterocycles. The lowest BCUT2D eigenvalue weighted by Crippen LogP contribution is -2.40. The molecule has 1 N–H and O–H groups in total. The van der Waals surface area contributed by atoms with Crippen LogP contribution in [-0.4, -0.2) is 87.4 Å². The fourth-order valence-electron chi connectivity index (χ4n) is 7.84. The summed E-state index contributed by atoms with van der Waals surface area (Å²) in [5, 5.41) is 9.70. The third kappa shape index (κ3) is 52.6. The summed E-state index contributed by atoms with van der Waals surface area (Å²) in [6.45, 7) is 4.77. The molecule has 9 heteroatoms. The van der Waals surface area contributed by atoms with E-state index in [0.29, 0.717) is 23.9 Å². The van der Waals surface area contributed by atoms with Crippen LogP contribution in [0.25, 0.3) is 0 Å². The normalized spacial score (nSPS) is 13.3. The first-order valence-corrected chi connectivity index (χ1v) is 28.6. The van der Waals surface area contributed by atoms with Gasteiger partial charge in [0.25, 0.3) is 6.29 Å². The highest BCUT2D eigenvalue weighted by Gasteiger charge is 2.25. The zero-order valence-corrected chi connectivity index (χ0v) is 45.9. The number of ether oxygens (including phenoxy) is 4. The van der Waals surface area contributed by atoms with Crippen LogP contribution >= 0.6 is 0 Å². The monoisotopic (exact) mass is 983 g/mol. The van der Waals surface area contributed by atoms with Gasteiger partial charge < -0.3 is 28.5 Å². The van der Waals surface area contributed by atoms with E-state index in [1.807, 2.05) is 21.1 Å². The minimum atomic E-state index is -1.51. The van der Waals surface area contributed by atoms with Gasteiger partial charge in [-0.05, 0) is 64.2 Å². The van der Waals surface area contributed by atoms with Crippen molar-refractivity contribution in [2.75, 3.05) is 47.5 Å². The number of rotatable bonds is 52. The quantitative estimate of drug-likeness (QED) is 0.0211. The standard InChI is InChI=1S/C61H107NO8/c1-6-8-10-12-14-16-18-20-22-24-26-27-28-29-30-31-32-33-34-36-38-40-42-44-46-48-50-52-59(64)70-57(56-69-61(60(65)66)67-54-53-62(3,4)5)55-68-58(63)51-49-47-45-43-41-39-37-35-25-23-21-19-17-15-13-11-9-7-2/h8,10,14,16,20,22,26-27,29-30,32-33,57,61H,6-7,9,11-13,15,17-19,21,23-25,28,31,34-56H2,1-5H3/p+1/b10-8-,16-14-,22-20-,27-26-,30-29-,33-32-. The van der Waals surface area contributed by atoms with E-state index in [0.717, 1.165) is 83.5 Å². The first-order chi connectivity index (χ1) is 34.1. The first kappa shape index (κ1) is 66.7. The Bertz CT molecular complexity index is 1380. The number of allylic oxidation sites excluding steroid dienone is 12. The van der Waals surface area contributed by atoms with Crippen LogP contribution in [0.4, 0.5) is 0 Å². The van der Waals surface area contributed by atoms with Gasteiger partial charge in [-0.25, -0.2) is 4.79 Å². The Balaban J connectivity index is 4.28. The van der Waals surface area contributed by atoms with Crippen molar-refractivity contribution >= 4 is 17.9 Å². The van der Waals surface area contributed by atoms with E-state index in [9.17, 15) is 19.5 Å². The Kier molecular flexibility index (Phi) is 49.6. The molecule has 0 aromatic carbocycles. The molecule has 0 radical (unpaired) electrons. The predicted molar refractivity (Wildman–Crippen MR) is 295 cm³/mol. The summed E-state index contributed by atoms with van der Waals surface area (Å²) in [6, 6.07) is 0. The maximum Gasteiger partial charge on any atom is 0.361 e. The molecule has 0 spiro atoms. The van der Waals surface area contributed by atoms with Gasteiger partial charge in [0, 0.05) is 12.8 Å². The molecule has 0 fully saturated rings. The molecule has 0 aliphatic heterocycles. The van der Waals surface area contributed by atoms with E-state index in [-0.39, 0.29) is 32.2 Å². The molecule has 2 unspecified atom stereocenters. The van der Waals surface area contributed by atoms with Gasteiger partial charge in [-0.15, -0.1) is 0 Å². The SMILES string of the molecule is CC/C=C\C/C=C\C/C=C\C/C=C\C/C=C\C/C=C\CCCCCCCCCCC(=O)OC(COC(=O)CCCCCCCCCCCCCCCCCCCC)COC(OCC[N+](C)(C)C)C(=O)O. The van der Waals surface area contributed by atoms with Crippen LogP contribution in [-0.2, 0) is 33.3 Å². The second kappa shape index (κ2) is 52.1. The van der Waals surface area contributed by atoms with Gasteiger partial charge >= 0.3 is 17.9 Å². The molecule has 0 aliphatic carbocycles. The number of hydrogen-bond acceptors (Lipinski definition) is 7. The van der Waals surface area contributed by atoms with E-state index < -0.39 is 24.3 Å². The largest absolute Gasteiger partial charge is 0.477 e. The molecular weight excluding hydrogens is 875 g/mol. The maximum atomic E-state index is 12.9. The third-order valence-electron chi connectivity index (χ3n) is 12.2. The van der Waals surface area contributed by atoms with E-state index in [2.05, 4.69) is 86.8 Å². The van der Waals surface area contributed by atoms with E-state index in [1.54, 1.807) is 0 Å². The average Bonchev–Trinajstić information content (AvgIpc) is 3.33. The number of carbonyl (C=O) groups excluding carboxylic acids is 2. The minimum absolute atomic E-state index is 0.184. The number of likely N-dealkylation sites (N-methyl/N-ethyl adjacent to an activating group) is 1. The second-order valence-electron chi connectivity index (χ2n) is 20.2. The van der Waals surface area contributed by atoms with Crippen molar-refractivity contribution in [2.24, 2.45) is 0 Å². The molecule has 0 saturated carbocycles. The number of hydrogen-bond donors (Lipinski definition) is 1. The van der Waals surface area contributed by atoms with E-state index in [1.165, 1.54) is 122 Å². The van der Waals surface area contributed by atoms with Crippen LogP contribution in [0.1, 0.15) is 239 Å². The Labute approximate surface area is 430 Å². The lowest BCUT2D eigenvalue weighted by atomic mass is 10.0. The first-order valence-electron chi connectivity index (χ1n) is 28.6. The van der Waals surface area contributed by atoms with Crippen molar-refractivity contribution in [3.8, 4) is 0 Å². The Hall–Kier alpha value is -3.27. The second-order valence-corrected chi connectivity index (χ2v) is 20.2. The topological polar surface area (TPSA) is 108 Å². The molecule has 70 heavy (non-hydrogen) atoms. The molecule has 404 valence electrons. The van der Waals surface area contributed by atoms with Gasteiger partial charge in [0.15, 0.2) is 6.10 Å². The van der Waals surface area contributed by atoms with Gasteiger partial charge in [0.2, 0.25) is 0 Å². The van der Waals surface area contributed by atoms with Crippen LogP contribution < -0.4 is 0 Å². The summed E-state index contributed by atoms with van der Waals surface area (Å²) in [6.07, 6.45) is 64.0. The van der Waals surface area contributed by atoms with Gasteiger partial charge in [0.05, 0.1) is 34.4 Å². The molecule has 9 nitrogen and oxygen atoms in total. The van der Waals surface area contributed by atoms with E-state index >= 15 is 0 Å². The molecule has 0 rings (SSSR count). The lowest BCUT2D eigenvalue weighted by molar-refractivity contribution is -0.870. The molecule has 0 aliphatic rings. The highest BCUT2D eigenvalue weighted by molar-refractivity contribution is 5.71. The summed E-state index contributed by atoms with van der Waals surface area (Å²) in [4.78, 5) is 37.4. The number of aliphatic carboxylic acids is 1. The number of carboxylic acids is 1. The zero-order chi connectivity index (χ0) is 51.3. The minimum Gasteiger partial charge on any atom is -0.477 e. The Morgan fingerprint density at radius 2 is 0.814 bits per heavy atom. The number of carboxylic acid groups (broad SMARTS) is 1. The van der Waals surface area contributed by atoms with Gasteiger partial charge in [-0.2, -0.15) is 0 Å². The average molecular weight is 984 g/mol. The molecule has 2 atom stereocenters. The third-order valence-corrected chi connectivity index (χ3v) is 12.2. The molecule has 0 amide bonds. The molecule has 0 aromatic heterocycles.